The molecule has 4 atom stereocenters. The summed E-state index contributed by atoms with van der Waals surface area (Å²) < 4.78 is 5.80. The Kier molecular flexibility index (Phi) is 2.02. The minimum absolute atomic E-state index is 0.0397. The molecule has 114 valence electrons. The molecule has 0 unspecified atom stereocenters. The van der Waals surface area contributed by atoms with Crippen LogP contribution < -0.4 is 10.1 Å². The number of carbonyl (C=O) groups excluding carboxylic acids is 2. The molecule has 2 bridgehead atoms. The number of hydrogen-bond donors (Lipinski definition) is 3. The molecule has 22 heavy (non-hydrogen) atoms. The second-order valence-corrected chi connectivity index (χ2v) is 6.71. The van der Waals surface area contributed by atoms with Crippen molar-refractivity contribution in [2.45, 2.75) is 42.4 Å². The fourth-order valence-corrected chi connectivity index (χ4v) is 5.09. The number of benzene rings is 1. The third-order valence-electron chi connectivity index (χ3n) is 5.92. The predicted molar refractivity (Wildman–Crippen MR) is 73.9 cm³/mol. The number of aliphatic hydroxyl groups is 1. The van der Waals surface area contributed by atoms with Crippen molar-refractivity contribution in [3.8, 4) is 11.5 Å². The summed E-state index contributed by atoms with van der Waals surface area (Å²) in [7, 11) is 0. The lowest BCUT2D eigenvalue weighted by molar-refractivity contribution is -0.177. The van der Waals surface area contributed by atoms with Crippen molar-refractivity contribution in [1.82, 2.24) is 5.32 Å². The number of ether oxygens (including phenoxy) is 1. The van der Waals surface area contributed by atoms with Crippen LogP contribution in [0.25, 0.3) is 0 Å². The van der Waals surface area contributed by atoms with E-state index in [0.29, 0.717) is 24.9 Å². The van der Waals surface area contributed by atoms with Gasteiger partial charge in [0.2, 0.25) is 0 Å². The molecule has 1 saturated carbocycles. The molecule has 3 N–H and O–H groups in total. The predicted octanol–water partition coefficient (Wildman–Crippen LogP) is -0.418. The van der Waals surface area contributed by atoms with Crippen LogP contribution in [0.3, 0.4) is 0 Å². The third kappa shape index (κ3) is 1.04. The number of Topliss-reactive ketones (excluding diaryl/α,β-unsaturated/α-hetero) is 2. The number of nitrogens with one attached hydrogen (secondary N) is 1. The lowest BCUT2D eigenvalue weighted by atomic mass is 9.49. The molecule has 2 aliphatic carbocycles. The van der Waals surface area contributed by atoms with E-state index in [-0.39, 0.29) is 23.7 Å². The first kappa shape index (κ1) is 12.6. The summed E-state index contributed by atoms with van der Waals surface area (Å²) >= 11 is 0. The van der Waals surface area contributed by atoms with E-state index in [1.54, 1.807) is 12.1 Å². The molecule has 4 aliphatic rings. The molecule has 1 saturated heterocycles. The molecule has 1 aromatic carbocycles. The molecule has 0 aromatic heterocycles. The lowest BCUT2D eigenvalue weighted by Gasteiger charge is -2.58. The Bertz CT molecular complexity index is 759. The van der Waals surface area contributed by atoms with Crippen molar-refractivity contribution in [3.05, 3.63) is 23.3 Å². The zero-order chi connectivity index (χ0) is 15.3. The van der Waals surface area contributed by atoms with Crippen LogP contribution >= 0.6 is 0 Å². The monoisotopic (exact) mass is 301 g/mol. The number of aromatic hydroxyl groups is 1. The molecule has 1 spiro atoms. The highest BCUT2D eigenvalue weighted by Gasteiger charge is 2.75. The molecule has 6 nitrogen and oxygen atoms in total. The highest BCUT2D eigenvalue weighted by molar-refractivity contribution is 6.11. The summed E-state index contributed by atoms with van der Waals surface area (Å²) in [5.74, 6) is -0.512. The van der Waals surface area contributed by atoms with E-state index in [9.17, 15) is 19.8 Å². The molecule has 0 amide bonds. The Balaban J connectivity index is 1.92. The summed E-state index contributed by atoms with van der Waals surface area (Å²) in [5.41, 5.74) is -1.11. The van der Waals surface area contributed by atoms with Gasteiger partial charge in [-0.05, 0) is 31.0 Å². The van der Waals surface area contributed by atoms with Gasteiger partial charge in [0.25, 0.3) is 0 Å². The molecule has 1 aromatic rings. The van der Waals surface area contributed by atoms with Gasteiger partial charge in [-0.2, -0.15) is 0 Å². The number of ketones is 2. The van der Waals surface area contributed by atoms with E-state index < -0.39 is 28.9 Å². The number of hydrogen-bond acceptors (Lipinski definition) is 6. The van der Waals surface area contributed by atoms with Gasteiger partial charge in [-0.3, -0.25) is 9.59 Å². The summed E-state index contributed by atoms with van der Waals surface area (Å²) in [6.07, 6.45) is -0.282. The zero-order valence-electron chi connectivity index (χ0n) is 11.8. The number of rotatable bonds is 0. The molecular formula is C16H15NO5. The van der Waals surface area contributed by atoms with Gasteiger partial charge >= 0.3 is 0 Å². The van der Waals surface area contributed by atoms with Gasteiger partial charge in [0.15, 0.2) is 34.8 Å². The van der Waals surface area contributed by atoms with Crippen molar-refractivity contribution < 1.29 is 24.5 Å². The highest BCUT2D eigenvalue weighted by atomic mass is 16.5. The van der Waals surface area contributed by atoms with Gasteiger partial charge in [-0.25, -0.2) is 0 Å². The number of phenolic OH excluding ortho intramolecular Hbond substituents is 1. The summed E-state index contributed by atoms with van der Waals surface area (Å²) in [5, 5.41) is 24.7. The Morgan fingerprint density at radius 1 is 1.32 bits per heavy atom. The average Bonchev–Trinajstić information content (AvgIpc) is 2.81. The average molecular weight is 301 g/mol. The van der Waals surface area contributed by atoms with E-state index >= 15 is 0 Å². The molecule has 6 heteroatoms. The van der Waals surface area contributed by atoms with Crippen LogP contribution in [-0.2, 0) is 21.4 Å². The topological polar surface area (TPSA) is 95.9 Å². The van der Waals surface area contributed by atoms with Crippen molar-refractivity contribution in [3.63, 3.8) is 0 Å². The van der Waals surface area contributed by atoms with E-state index in [0.717, 1.165) is 5.56 Å². The minimum atomic E-state index is -1.64. The highest BCUT2D eigenvalue weighted by Crippen LogP contribution is 2.62. The third-order valence-corrected chi connectivity index (χ3v) is 5.92. The zero-order valence-corrected chi connectivity index (χ0v) is 11.8. The van der Waals surface area contributed by atoms with Gasteiger partial charge in [-0.15, -0.1) is 0 Å². The number of carbonyl (C=O) groups is 2. The van der Waals surface area contributed by atoms with E-state index in [4.69, 9.17) is 4.74 Å². The van der Waals surface area contributed by atoms with Crippen LogP contribution in [0.5, 0.6) is 11.5 Å². The quantitative estimate of drug-likeness (QED) is 0.563. The van der Waals surface area contributed by atoms with Gasteiger partial charge in [-0.1, -0.05) is 6.07 Å². The summed E-state index contributed by atoms with van der Waals surface area (Å²) in [6, 6.07) is 2.93. The lowest BCUT2D eigenvalue weighted by Crippen LogP contribution is -2.79. The largest absolute Gasteiger partial charge is 0.504 e. The molecule has 2 fully saturated rings. The van der Waals surface area contributed by atoms with Crippen LogP contribution in [0.4, 0.5) is 0 Å². The Hall–Kier alpha value is -1.92. The Morgan fingerprint density at radius 3 is 2.95 bits per heavy atom. The first-order valence-corrected chi connectivity index (χ1v) is 7.54. The number of piperidine rings is 1. The van der Waals surface area contributed by atoms with Gasteiger partial charge < -0.3 is 20.3 Å². The Morgan fingerprint density at radius 2 is 2.14 bits per heavy atom. The van der Waals surface area contributed by atoms with Gasteiger partial charge in [0, 0.05) is 11.6 Å². The maximum atomic E-state index is 12.6. The van der Waals surface area contributed by atoms with E-state index in [1.807, 2.05) is 0 Å². The van der Waals surface area contributed by atoms with E-state index in [1.165, 1.54) is 0 Å². The van der Waals surface area contributed by atoms with Crippen LogP contribution in [-0.4, -0.2) is 46.1 Å². The van der Waals surface area contributed by atoms with Crippen LogP contribution in [0.2, 0.25) is 0 Å². The first-order valence-electron chi connectivity index (χ1n) is 7.54. The standard InChI is InChI=1S/C16H15NO5/c18-8-2-1-7-5-10-16(21)11(20)6-9(19)14-15(16,3-4-17-10)12(7)13(8)22-14/h1-2,10,14,17-18,21H,3-6H2/t10-,14+,15+,16+/m1/s1. The van der Waals surface area contributed by atoms with Crippen molar-refractivity contribution >= 4 is 11.6 Å². The Labute approximate surface area is 126 Å². The van der Waals surface area contributed by atoms with Crippen molar-refractivity contribution in [1.29, 1.82) is 0 Å². The van der Waals surface area contributed by atoms with Crippen LogP contribution in [0.15, 0.2) is 12.1 Å². The summed E-state index contributed by atoms with van der Waals surface area (Å²) in [4.78, 5) is 25.0. The van der Waals surface area contributed by atoms with Crippen LogP contribution in [0, 0.1) is 0 Å². The van der Waals surface area contributed by atoms with Gasteiger partial charge in [0.1, 0.15) is 0 Å². The maximum Gasteiger partial charge on any atom is 0.181 e. The van der Waals surface area contributed by atoms with Crippen molar-refractivity contribution in [2.24, 2.45) is 0 Å². The molecule has 2 aliphatic heterocycles. The SMILES string of the molecule is O=C1CC(=O)[C@@]2(O)[C@H]3Cc4ccc(O)c5c4[C@@]2(CCN3)[C@H]1O5. The molecule has 2 heterocycles. The van der Waals surface area contributed by atoms with E-state index in [2.05, 4.69) is 5.32 Å². The first-order chi connectivity index (χ1) is 10.5. The summed E-state index contributed by atoms with van der Waals surface area (Å²) in [6.45, 7) is 0.599. The smallest absolute Gasteiger partial charge is 0.181 e. The fraction of sp³-hybridized carbons (Fsp3) is 0.500. The minimum Gasteiger partial charge on any atom is -0.504 e. The normalized spacial score (nSPS) is 41.1. The molecule has 0 radical (unpaired) electrons. The fourth-order valence-electron chi connectivity index (χ4n) is 5.09. The molecular weight excluding hydrogens is 286 g/mol. The second kappa shape index (κ2) is 3.52. The van der Waals surface area contributed by atoms with Crippen molar-refractivity contribution in [2.75, 3.05) is 6.54 Å². The van der Waals surface area contributed by atoms with Gasteiger partial charge in [0.05, 0.1) is 11.8 Å². The van der Waals surface area contributed by atoms with Crippen LogP contribution in [0.1, 0.15) is 24.0 Å². The second-order valence-electron chi connectivity index (χ2n) is 6.71. The maximum absolute atomic E-state index is 12.6. The number of phenols is 1. The molecule has 5 rings (SSSR count).